The van der Waals surface area contributed by atoms with Crippen LogP contribution in [0, 0.1) is 0 Å². The van der Waals surface area contributed by atoms with Gasteiger partial charge in [-0.1, -0.05) is 41.7 Å². The zero-order valence-corrected chi connectivity index (χ0v) is 19.3. The summed E-state index contributed by atoms with van der Waals surface area (Å²) in [5.41, 5.74) is 1.89. The van der Waals surface area contributed by atoms with Gasteiger partial charge in [-0.2, -0.15) is 0 Å². The lowest BCUT2D eigenvalue weighted by Gasteiger charge is -2.30. The summed E-state index contributed by atoms with van der Waals surface area (Å²) >= 11 is 1.37. The number of sulfonamides is 1. The van der Waals surface area contributed by atoms with Crippen LogP contribution in [0.3, 0.4) is 0 Å². The van der Waals surface area contributed by atoms with Gasteiger partial charge in [-0.15, -0.1) is 4.40 Å². The Balaban J connectivity index is 1.58. The minimum Gasteiger partial charge on any atom is -0.497 e. The molecule has 8 nitrogen and oxygen atoms in total. The lowest BCUT2D eigenvalue weighted by Crippen LogP contribution is -2.43. The number of fused-ring (bicyclic) bond motifs is 2. The smallest absolute Gasteiger partial charge is 0.264 e. The van der Waals surface area contributed by atoms with Crippen molar-refractivity contribution in [2.75, 3.05) is 24.3 Å². The number of hydrogen-bond acceptors (Lipinski definition) is 7. The van der Waals surface area contributed by atoms with Crippen LogP contribution in [0.2, 0.25) is 0 Å². The van der Waals surface area contributed by atoms with Crippen LogP contribution in [0.4, 0.5) is 5.13 Å². The molecule has 1 aromatic heterocycles. The quantitative estimate of drug-likeness (QED) is 0.556. The number of methoxy groups -OCH3 is 1. The first-order chi connectivity index (χ1) is 15.9. The van der Waals surface area contributed by atoms with Crippen molar-refractivity contribution in [2.45, 2.75) is 6.54 Å². The highest BCUT2D eigenvalue weighted by atomic mass is 32.2. The van der Waals surface area contributed by atoms with Crippen molar-refractivity contribution in [3.8, 4) is 5.75 Å². The number of anilines is 1. The average Bonchev–Trinajstić information content (AvgIpc) is 3.24. The molecule has 0 radical (unpaired) electrons. The fourth-order valence-electron chi connectivity index (χ4n) is 3.66. The third kappa shape index (κ3) is 4.27. The van der Waals surface area contributed by atoms with Crippen LogP contribution in [0.5, 0.6) is 5.75 Å². The molecule has 5 rings (SSSR count). The summed E-state index contributed by atoms with van der Waals surface area (Å²) in [6.45, 7) is 0.527. The monoisotopic (exact) mass is 480 g/mol. The minimum atomic E-state index is -3.62. The maximum Gasteiger partial charge on any atom is 0.264 e. The Hall–Kier alpha value is -3.50. The van der Waals surface area contributed by atoms with E-state index in [1.807, 2.05) is 48.5 Å². The predicted molar refractivity (Wildman–Crippen MR) is 129 cm³/mol. The molecule has 3 aromatic rings. The number of carbonyl (C=O) groups excluding carboxylic acids is 1. The Morgan fingerprint density at radius 1 is 1.21 bits per heavy atom. The number of ether oxygens (including phenoxy) is 1. The average molecular weight is 481 g/mol. The zero-order chi connectivity index (χ0) is 23.0. The fourth-order valence-corrected chi connectivity index (χ4v) is 5.63. The number of benzene rings is 2. The van der Waals surface area contributed by atoms with Crippen molar-refractivity contribution in [1.82, 2.24) is 9.88 Å². The lowest BCUT2D eigenvalue weighted by molar-refractivity contribution is -0.114. The molecular weight excluding hydrogens is 460 g/mol. The van der Waals surface area contributed by atoms with Gasteiger partial charge in [0.25, 0.3) is 15.9 Å². The molecule has 168 valence electrons. The van der Waals surface area contributed by atoms with E-state index < -0.39 is 10.0 Å². The predicted octanol–water partition coefficient (Wildman–Crippen LogP) is 3.34. The molecule has 0 unspecified atom stereocenters. The van der Waals surface area contributed by atoms with Crippen molar-refractivity contribution >= 4 is 48.5 Å². The Morgan fingerprint density at radius 2 is 2.03 bits per heavy atom. The van der Waals surface area contributed by atoms with E-state index in [1.54, 1.807) is 35.3 Å². The van der Waals surface area contributed by atoms with Crippen LogP contribution in [0.15, 0.2) is 76.9 Å². The molecule has 0 aliphatic carbocycles. The van der Waals surface area contributed by atoms with Crippen LogP contribution in [-0.4, -0.2) is 49.5 Å². The molecule has 2 aliphatic heterocycles. The highest BCUT2D eigenvalue weighted by molar-refractivity contribution is 7.90. The third-order valence-electron chi connectivity index (χ3n) is 5.33. The van der Waals surface area contributed by atoms with Gasteiger partial charge in [0.1, 0.15) is 5.75 Å². The molecule has 3 heterocycles. The van der Waals surface area contributed by atoms with Crippen molar-refractivity contribution in [1.29, 1.82) is 0 Å². The second kappa shape index (κ2) is 8.45. The van der Waals surface area contributed by atoms with Crippen molar-refractivity contribution in [3.63, 3.8) is 0 Å². The van der Waals surface area contributed by atoms with E-state index >= 15 is 0 Å². The number of aromatic nitrogens is 1. The summed E-state index contributed by atoms with van der Waals surface area (Å²) in [4.78, 5) is 21.8. The molecule has 2 aliphatic rings. The van der Waals surface area contributed by atoms with Crippen molar-refractivity contribution in [2.24, 2.45) is 4.40 Å². The van der Waals surface area contributed by atoms with E-state index in [9.17, 15) is 13.2 Å². The van der Waals surface area contributed by atoms with Crippen molar-refractivity contribution in [3.05, 3.63) is 78.0 Å². The van der Waals surface area contributed by atoms with Crippen LogP contribution >= 0.6 is 11.3 Å². The van der Waals surface area contributed by atoms with Crippen LogP contribution in [0.1, 0.15) is 5.56 Å². The first kappa shape index (κ1) is 21.4. The maximum atomic E-state index is 13.8. The number of carbonyl (C=O) groups is 1. The fraction of sp³-hybridized carbons (Fsp3) is 0.174. The SMILES string of the molecule is COc1ccc2nc(N(Cc3ccccc3)C(=O)C3=CC=CN4CCS(=O)(=O)N=C34)sc2c1. The Labute approximate surface area is 195 Å². The van der Waals surface area contributed by atoms with Crippen molar-refractivity contribution < 1.29 is 17.9 Å². The number of thiazole rings is 1. The van der Waals surface area contributed by atoms with E-state index in [4.69, 9.17) is 4.74 Å². The van der Waals surface area contributed by atoms with E-state index in [0.29, 0.717) is 10.9 Å². The van der Waals surface area contributed by atoms with Gasteiger partial charge in [-0.3, -0.25) is 9.69 Å². The number of rotatable bonds is 5. The molecule has 0 atom stereocenters. The highest BCUT2D eigenvalue weighted by Crippen LogP contribution is 2.33. The van der Waals surface area contributed by atoms with Gasteiger partial charge in [-0.05, 0) is 35.9 Å². The molecule has 0 N–H and O–H groups in total. The second-order valence-electron chi connectivity index (χ2n) is 7.52. The molecule has 0 fully saturated rings. The normalized spacial score (nSPS) is 16.7. The van der Waals surface area contributed by atoms with Gasteiger partial charge in [0.05, 0.1) is 35.2 Å². The molecule has 33 heavy (non-hydrogen) atoms. The molecule has 0 saturated heterocycles. The molecule has 10 heteroatoms. The standard InChI is InChI=1S/C23H20N4O4S2/c1-31-17-9-10-19-20(14-17)32-23(24-19)27(15-16-6-3-2-4-7-16)22(28)18-8-5-11-26-12-13-33(29,30)25-21(18)26/h2-11,14H,12-13,15H2,1H3. The largest absolute Gasteiger partial charge is 0.497 e. The second-order valence-corrected chi connectivity index (χ2v) is 10.3. The molecule has 0 spiro atoms. The molecular formula is C23H20N4O4S2. The summed E-state index contributed by atoms with van der Waals surface area (Å²) in [6, 6.07) is 15.1. The Bertz CT molecular complexity index is 1430. The summed E-state index contributed by atoms with van der Waals surface area (Å²) in [7, 11) is -2.02. The van der Waals surface area contributed by atoms with Crippen LogP contribution in [0.25, 0.3) is 10.2 Å². The number of amidine groups is 1. The summed E-state index contributed by atoms with van der Waals surface area (Å²) in [5, 5.41) is 0.508. The number of hydrogen-bond donors (Lipinski definition) is 0. The van der Waals surface area contributed by atoms with E-state index in [-0.39, 0.29) is 36.2 Å². The summed E-state index contributed by atoms with van der Waals surface area (Å²) < 4.78 is 34.4. The van der Waals surface area contributed by atoms with E-state index in [1.165, 1.54) is 11.3 Å². The first-order valence-corrected chi connectivity index (χ1v) is 12.6. The van der Waals surface area contributed by atoms with Gasteiger partial charge in [0.15, 0.2) is 11.0 Å². The van der Waals surface area contributed by atoms with E-state index in [2.05, 4.69) is 9.38 Å². The molecule has 0 bridgehead atoms. The topological polar surface area (TPSA) is 92.2 Å². The first-order valence-electron chi connectivity index (χ1n) is 10.2. The lowest BCUT2D eigenvalue weighted by atomic mass is 10.1. The summed E-state index contributed by atoms with van der Waals surface area (Å²) in [5.74, 6) is 0.399. The maximum absolute atomic E-state index is 13.8. The Kier molecular flexibility index (Phi) is 5.47. The zero-order valence-electron chi connectivity index (χ0n) is 17.7. The van der Waals surface area contributed by atoms with Gasteiger partial charge < -0.3 is 9.64 Å². The van der Waals surface area contributed by atoms with Gasteiger partial charge in [0, 0.05) is 12.7 Å². The molecule has 0 saturated carbocycles. The number of nitrogens with zero attached hydrogens (tertiary/aromatic N) is 4. The van der Waals surface area contributed by atoms with Gasteiger partial charge >= 0.3 is 0 Å². The molecule has 1 amide bonds. The molecule has 2 aromatic carbocycles. The highest BCUT2D eigenvalue weighted by Gasteiger charge is 2.33. The van der Waals surface area contributed by atoms with E-state index in [0.717, 1.165) is 15.8 Å². The van der Waals surface area contributed by atoms with Gasteiger partial charge in [-0.25, -0.2) is 13.4 Å². The Morgan fingerprint density at radius 3 is 2.82 bits per heavy atom. The van der Waals surface area contributed by atoms with Crippen LogP contribution < -0.4 is 9.64 Å². The summed E-state index contributed by atoms with van der Waals surface area (Å²) in [6.07, 6.45) is 5.07. The minimum absolute atomic E-state index is 0.0876. The number of allylic oxidation sites excluding steroid dienone is 2. The third-order valence-corrected chi connectivity index (χ3v) is 7.52. The van der Waals surface area contributed by atoms with Crippen LogP contribution in [-0.2, 0) is 21.4 Å². The van der Waals surface area contributed by atoms with Gasteiger partial charge in [0.2, 0.25) is 0 Å². The number of amides is 1.